The fourth-order valence-electron chi connectivity index (χ4n) is 2.06. The smallest absolute Gasteiger partial charge is 0.123 e. The summed E-state index contributed by atoms with van der Waals surface area (Å²) < 4.78 is 13.1. The maximum absolute atomic E-state index is 13.1. The summed E-state index contributed by atoms with van der Waals surface area (Å²) in [5.41, 5.74) is 2.83. The normalized spacial score (nSPS) is 12.4. The first-order valence-electron chi connectivity index (χ1n) is 5.66. The molecule has 1 N–H and O–H groups in total. The van der Waals surface area contributed by atoms with E-state index >= 15 is 0 Å². The first-order chi connectivity index (χ1) is 8.63. The van der Waals surface area contributed by atoms with Crippen LogP contribution in [0.3, 0.4) is 0 Å². The minimum Gasteiger partial charge on any atom is -0.309 e. The van der Waals surface area contributed by atoms with Gasteiger partial charge in [-0.05, 0) is 48.9 Å². The molecule has 0 radical (unpaired) electrons. The van der Waals surface area contributed by atoms with Crippen LogP contribution in [0.25, 0.3) is 0 Å². The maximum Gasteiger partial charge on any atom is 0.123 e. The lowest BCUT2D eigenvalue weighted by Crippen LogP contribution is -2.19. The molecule has 2 nitrogen and oxygen atoms in total. The van der Waals surface area contributed by atoms with Crippen LogP contribution in [0.2, 0.25) is 5.02 Å². The number of benzene rings is 1. The Morgan fingerprint density at radius 1 is 1.28 bits per heavy atom. The molecule has 1 unspecified atom stereocenters. The van der Waals surface area contributed by atoms with Gasteiger partial charge in [0.2, 0.25) is 0 Å². The molecule has 0 aliphatic rings. The lowest BCUT2D eigenvalue weighted by molar-refractivity contribution is 0.621. The number of rotatable bonds is 3. The predicted molar refractivity (Wildman–Crippen MR) is 71.3 cm³/mol. The van der Waals surface area contributed by atoms with Crippen molar-refractivity contribution in [1.82, 2.24) is 10.3 Å². The Kier molecular flexibility index (Phi) is 3.94. The first-order valence-corrected chi connectivity index (χ1v) is 6.04. The zero-order chi connectivity index (χ0) is 13.1. The summed E-state index contributed by atoms with van der Waals surface area (Å²) in [6, 6.07) is 6.56. The molecule has 0 spiro atoms. The molecule has 18 heavy (non-hydrogen) atoms. The maximum atomic E-state index is 13.1. The van der Waals surface area contributed by atoms with Gasteiger partial charge in [-0.2, -0.15) is 0 Å². The van der Waals surface area contributed by atoms with Crippen molar-refractivity contribution in [2.24, 2.45) is 0 Å². The summed E-state index contributed by atoms with van der Waals surface area (Å²) in [5.74, 6) is -0.230. The zero-order valence-corrected chi connectivity index (χ0v) is 11.0. The monoisotopic (exact) mass is 264 g/mol. The van der Waals surface area contributed by atoms with Crippen LogP contribution in [0.4, 0.5) is 4.39 Å². The van der Waals surface area contributed by atoms with Gasteiger partial charge in [0.1, 0.15) is 5.82 Å². The van der Waals surface area contributed by atoms with Crippen molar-refractivity contribution >= 4 is 11.6 Å². The van der Waals surface area contributed by atoms with E-state index in [1.165, 1.54) is 12.1 Å². The van der Waals surface area contributed by atoms with Crippen LogP contribution in [0.1, 0.15) is 22.7 Å². The van der Waals surface area contributed by atoms with E-state index in [2.05, 4.69) is 10.3 Å². The van der Waals surface area contributed by atoms with Crippen LogP contribution in [0, 0.1) is 12.7 Å². The van der Waals surface area contributed by atoms with Crippen LogP contribution >= 0.6 is 11.6 Å². The molecule has 0 aliphatic carbocycles. The van der Waals surface area contributed by atoms with E-state index < -0.39 is 0 Å². The quantitative estimate of drug-likeness (QED) is 0.918. The Labute approximate surface area is 111 Å². The van der Waals surface area contributed by atoms with Crippen LogP contribution in [0.15, 0.2) is 36.7 Å². The average Bonchev–Trinajstić information content (AvgIpc) is 2.34. The first kappa shape index (κ1) is 13.0. The van der Waals surface area contributed by atoms with Crippen molar-refractivity contribution in [2.75, 3.05) is 7.05 Å². The molecule has 2 aromatic rings. The Hall–Kier alpha value is -1.45. The van der Waals surface area contributed by atoms with E-state index in [0.717, 1.165) is 16.7 Å². The van der Waals surface area contributed by atoms with Gasteiger partial charge in [-0.15, -0.1) is 0 Å². The summed E-state index contributed by atoms with van der Waals surface area (Å²) in [5, 5.41) is 3.80. The lowest BCUT2D eigenvalue weighted by atomic mass is 9.95. The van der Waals surface area contributed by atoms with E-state index in [9.17, 15) is 4.39 Å². The highest BCUT2D eigenvalue weighted by atomic mass is 35.5. The number of hydrogen-bond donors (Lipinski definition) is 1. The SMILES string of the molecule is CNC(c1ccc(F)cc1C)c1ccncc1Cl. The second-order valence-corrected chi connectivity index (χ2v) is 4.53. The van der Waals surface area contributed by atoms with Crippen LogP contribution in [0.5, 0.6) is 0 Å². The minimum absolute atomic E-state index is 0.0684. The van der Waals surface area contributed by atoms with Crippen molar-refractivity contribution in [2.45, 2.75) is 13.0 Å². The molecule has 0 fully saturated rings. The second kappa shape index (κ2) is 5.46. The molecule has 1 aromatic heterocycles. The zero-order valence-electron chi connectivity index (χ0n) is 10.2. The molecule has 0 aliphatic heterocycles. The van der Waals surface area contributed by atoms with E-state index in [1.807, 2.05) is 20.0 Å². The molecule has 0 saturated carbocycles. The van der Waals surface area contributed by atoms with Gasteiger partial charge in [0.15, 0.2) is 0 Å². The molecule has 2 rings (SSSR count). The number of pyridine rings is 1. The predicted octanol–water partition coefficient (Wildman–Crippen LogP) is 3.49. The highest BCUT2D eigenvalue weighted by molar-refractivity contribution is 6.31. The molecule has 1 atom stereocenters. The van der Waals surface area contributed by atoms with Crippen LogP contribution < -0.4 is 5.32 Å². The fraction of sp³-hybridized carbons (Fsp3) is 0.214. The number of aromatic nitrogens is 1. The highest BCUT2D eigenvalue weighted by Gasteiger charge is 2.17. The molecular formula is C14H14ClFN2. The van der Waals surface area contributed by atoms with E-state index in [4.69, 9.17) is 11.6 Å². The van der Waals surface area contributed by atoms with Crippen molar-refractivity contribution in [3.63, 3.8) is 0 Å². The molecule has 1 aromatic carbocycles. The average molecular weight is 265 g/mol. The van der Waals surface area contributed by atoms with Gasteiger partial charge < -0.3 is 5.32 Å². The fourth-order valence-corrected chi connectivity index (χ4v) is 2.29. The minimum atomic E-state index is -0.230. The second-order valence-electron chi connectivity index (χ2n) is 4.12. The molecule has 0 amide bonds. The Morgan fingerprint density at radius 3 is 2.67 bits per heavy atom. The number of nitrogens with one attached hydrogen (secondary N) is 1. The number of nitrogens with zero attached hydrogens (tertiary/aromatic N) is 1. The molecule has 1 heterocycles. The molecule has 0 bridgehead atoms. The third-order valence-electron chi connectivity index (χ3n) is 2.95. The Morgan fingerprint density at radius 2 is 2.06 bits per heavy atom. The van der Waals surface area contributed by atoms with Gasteiger partial charge in [-0.25, -0.2) is 4.39 Å². The van der Waals surface area contributed by atoms with Crippen molar-refractivity contribution in [1.29, 1.82) is 0 Å². The van der Waals surface area contributed by atoms with Crippen molar-refractivity contribution in [3.05, 3.63) is 64.2 Å². The third-order valence-corrected chi connectivity index (χ3v) is 3.26. The van der Waals surface area contributed by atoms with E-state index in [-0.39, 0.29) is 11.9 Å². The number of aryl methyl sites for hydroxylation is 1. The van der Waals surface area contributed by atoms with Crippen LogP contribution in [-0.4, -0.2) is 12.0 Å². The third kappa shape index (κ3) is 2.52. The van der Waals surface area contributed by atoms with Gasteiger partial charge in [-0.3, -0.25) is 4.98 Å². The van der Waals surface area contributed by atoms with Gasteiger partial charge in [-0.1, -0.05) is 17.7 Å². The molecule has 94 valence electrons. The van der Waals surface area contributed by atoms with E-state index in [1.54, 1.807) is 18.5 Å². The van der Waals surface area contributed by atoms with E-state index in [0.29, 0.717) is 5.02 Å². The Balaban J connectivity index is 2.49. The summed E-state index contributed by atoms with van der Waals surface area (Å²) in [6.07, 6.45) is 3.31. The topological polar surface area (TPSA) is 24.9 Å². The van der Waals surface area contributed by atoms with Crippen molar-refractivity contribution in [3.8, 4) is 0 Å². The Bertz CT molecular complexity index is 557. The largest absolute Gasteiger partial charge is 0.309 e. The lowest BCUT2D eigenvalue weighted by Gasteiger charge is -2.20. The van der Waals surface area contributed by atoms with Gasteiger partial charge in [0, 0.05) is 12.4 Å². The van der Waals surface area contributed by atoms with Crippen molar-refractivity contribution < 1.29 is 4.39 Å². The number of halogens is 2. The van der Waals surface area contributed by atoms with Crippen LogP contribution in [-0.2, 0) is 0 Å². The summed E-state index contributed by atoms with van der Waals surface area (Å²) in [6.45, 7) is 1.89. The molecule has 4 heteroatoms. The number of hydrogen-bond acceptors (Lipinski definition) is 2. The van der Waals surface area contributed by atoms with Gasteiger partial charge in [0.05, 0.1) is 11.1 Å². The van der Waals surface area contributed by atoms with Gasteiger partial charge in [0.25, 0.3) is 0 Å². The summed E-state index contributed by atoms with van der Waals surface area (Å²) >= 11 is 6.15. The van der Waals surface area contributed by atoms with Gasteiger partial charge >= 0.3 is 0 Å². The standard InChI is InChI=1S/C14H14ClFN2/c1-9-7-10(16)3-4-11(9)14(17-2)12-5-6-18-8-13(12)15/h3-8,14,17H,1-2H3. The highest BCUT2D eigenvalue weighted by Crippen LogP contribution is 2.29. The molecular weight excluding hydrogens is 251 g/mol. The molecule has 0 saturated heterocycles. The summed E-state index contributed by atoms with van der Waals surface area (Å²) in [4.78, 5) is 3.97. The summed E-state index contributed by atoms with van der Waals surface area (Å²) in [7, 11) is 1.85.